The van der Waals surface area contributed by atoms with Gasteiger partial charge in [0.05, 0.1) is 12.7 Å². The molecule has 0 bridgehead atoms. The predicted molar refractivity (Wildman–Crippen MR) is 82.8 cm³/mol. The van der Waals surface area contributed by atoms with Gasteiger partial charge in [-0.05, 0) is 36.8 Å². The minimum Gasteiger partial charge on any atom is -0.491 e. The van der Waals surface area contributed by atoms with Crippen LogP contribution in [0.15, 0.2) is 36.7 Å². The van der Waals surface area contributed by atoms with Crippen molar-refractivity contribution in [1.29, 1.82) is 0 Å². The van der Waals surface area contributed by atoms with Gasteiger partial charge in [0.15, 0.2) is 0 Å². The normalized spacial score (nSPS) is 12.3. The number of hydrogen-bond acceptors (Lipinski definition) is 4. The van der Waals surface area contributed by atoms with E-state index in [4.69, 9.17) is 16.3 Å². The molecule has 0 saturated carbocycles. The lowest BCUT2D eigenvalue weighted by molar-refractivity contribution is 0.106. The molecule has 1 heterocycles. The summed E-state index contributed by atoms with van der Waals surface area (Å²) in [6.45, 7) is 4.26. The number of halogens is 1. The van der Waals surface area contributed by atoms with Crippen LogP contribution in [-0.2, 0) is 6.54 Å². The first-order valence-electron chi connectivity index (χ1n) is 6.89. The Labute approximate surface area is 129 Å². The standard InChI is InChI=1S/C15H20ClN3O2/c1-12-8-18-19(10-12)7-6-17-9-14(20)11-21-15-4-2-13(16)3-5-15/h2-5,8,10,14,17,20H,6-7,9,11H2,1H3/t14-/m0/s1. The number of aromatic nitrogens is 2. The van der Waals surface area contributed by atoms with Crippen molar-refractivity contribution in [3.8, 4) is 5.75 Å². The van der Waals surface area contributed by atoms with Crippen LogP contribution in [0.3, 0.4) is 0 Å². The van der Waals surface area contributed by atoms with Gasteiger partial charge in [-0.3, -0.25) is 4.68 Å². The van der Waals surface area contributed by atoms with Crippen molar-refractivity contribution in [2.45, 2.75) is 19.6 Å². The maximum absolute atomic E-state index is 9.83. The number of ether oxygens (including phenoxy) is 1. The Morgan fingerprint density at radius 2 is 2.14 bits per heavy atom. The molecule has 0 saturated heterocycles. The van der Waals surface area contributed by atoms with Crippen molar-refractivity contribution in [1.82, 2.24) is 15.1 Å². The van der Waals surface area contributed by atoms with Gasteiger partial charge in [-0.1, -0.05) is 11.6 Å². The molecule has 2 N–H and O–H groups in total. The molecular weight excluding hydrogens is 290 g/mol. The lowest BCUT2D eigenvalue weighted by Gasteiger charge is -2.13. The molecule has 21 heavy (non-hydrogen) atoms. The molecule has 0 radical (unpaired) electrons. The lowest BCUT2D eigenvalue weighted by Crippen LogP contribution is -2.33. The average molecular weight is 310 g/mol. The van der Waals surface area contributed by atoms with Crippen LogP contribution >= 0.6 is 11.6 Å². The van der Waals surface area contributed by atoms with Gasteiger partial charge in [0.1, 0.15) is 18.5 Å². The SMILES string of the molecule is Cc1cnn(CCNC[C@H](O)COc2ccc(Cl)cc2)c1. The molecule has 0 amide bonds. The molecular formula is C15H20ClN3O2. The number of benzene rings is 1. The molecule has 0 unspecified atom stereocenters. The maximum atomic E-state index is 9.83. The van der Waals surface area contributed by atoms with Crippen LogP contribution < -0.4 is 10.1 Å². The Kier molecular flexibility index (Phi) is 6.04. The molecule has 2 rings (SSSR count). The van der Waals surface area contributed by atoms with Crippen molar-refractivity contribution in [3.63, 3.8) is 0 Å². The van der Waals surface area contributed by atoms with E-state index >= 15 is 0 Å². The second-order valence-electron chi connectivity index (χ2n) is 4.90. The van der Waals surface area contributed by atoms with E-state index in [1.165, 1.54) is 0 Å². The largest absolute Gasteiger partial charge is 0.491 e. The molecule has 1 aromatic carbocycles. The lowest BCUT2D eigenvalue weighted by atomic mass is 10.3. The van der Waals surface area contributed by atoms with E-state index < -0.39 is 6.10 Å². The van der Waals surface area contributed by atoms with Gasteiger partial charge in [-0.25, -0.2) is 0 Å². The summed E-state index contributed by atoms with van der Waals surface area (Å²) in [7, 11) is 0. The predicted octanol–water partition coefficient (Wildman–Crippen LogP) is 1.87. The van der Waals surface area contributed by atoms with E-state index in [-0.39, 0.29) is 6.61 Å². The fourth-order valence-electron chi connectivity index (χ4n) is 1.83. The molecule has 6 heteroatoms. The summed E-state index contributed by atoms with van der Waals surface area (Å²) in [5.74, 6) is 0.700. The number of aliphatic hydroxyl groups excluding tert-OH is 1. The molecule has 0 aliphatic carbocycles. The Hall–Kier alpha value is -1.56. The molecule has 5 nitrogen and oxygen atoms in total. The molecule has 0 aliphatic heterocycles. The average Bonchev–Trinajstić information content (AvgIpc) is 2.89. The number of aryl methyl sites for hydroxylation is 1. The number of rotatable bonds is 8. The van der Waals surface area contributed by atoms with Crippen molar-refractivity contribution < 1.29 is 9.84 Å². The van der Waals surface area contributed by atoms with E-state index in [0.29, 0.717) is 17.3 Å². The maximum Gasteiger partial charge on any atom is 0.119 e. The Bertz CT molecular complexity index is 542. The smallest absolute Gasteiger partial charge is 0.119 e. The van der Waals surface area contributed by atoms with Crippen LogP contribution in [0, 0.1) is 6.92 Å². The summed E-state index contributed by atoms with van der Waals surface area (Å²) in [5.41, 5.74) is 1.14. The first-order valence-corrected chi connectivity index (χ1v) is 7.27. The van der Waals surface area contributed by atoms with E-state index in [9.17, 15) is 5.11 Å². The third-order valence-electron chi connectivity index (χ3n) is 2.92. The molecule has 0 aliphatic rings. The highest BCUT2D eigenvalue weighted by atomic mass is 35.5. The summed E-state index contributed by atoms with van der Waals surface area (Å²) in [6.07, 6.45) is 3.26. The zero-order valence-electron chi connectivity index (χ0n) is 12.0. The molecule has 114 valence electrons. The van der Waals surface area contributed by atoms with Crippen molar-refractivity contribution >= 4 is 11.6 Å². The minimum absolute atomic E-state index is 0.246. The quantitative estimate of drug-likeness (QED) is 0.731. The van der Waals surface area contributed by atoms with Gasteiger partial charge >= 0.3 is 0 Å². The van der Waals surface area contributed by atoms with Gasteiger partial charge in [0.25, 0.3) is 0 Å². The minimum atomic E-state index is -0.556. The monoisotopic (exact) mass is 309 g/mol. The zero-order chi connectivity index (χ0) is 15.1. The third kappa shape index (κ3) is 5.75. The third-order valence-corrected chi connectivity index (χ3v) is 3.17. The second kappa shape index (κ2) is 8.02. The van der Waals surface area contributed by atoms with Gasteiger partial charge < -0.3 is 15.2 Å². The van der Waals surface area contributed by atoms with Crippen LogP contribution in [0.4, 0.5) is 0 Å². The highest BCUT2D eigenvalue weighted by Crippen LogP contribution is 2.15. The van der Waals surface area contributed by atoms with E-state index in [1.807, 2.05) is 24.0 Å². The van der Waals surface area contributed by atoms with Crippen molar-refractivity contribution in [3.05, 3.63) is 47.2 Å². The molecule has 0 spiro atoms. The summed E-state index contributed by atoms with van der Waals surface area (Å²) in [6, 6.07) is 7.08. The highest BCUT2D eigenvalue weighted by molar-refractivity contribution is 6.30. The summed E-state index contributed by atoms with van der Waals surface area (Å²) in [5, 5.41) is 17.9. The first-order chi connectivity index (χ1) is 10.1. The zero-order valence-corrected chi connectivity index (χ0v) is 12.8. The van der Waals surface area contributed by atoms with E-state index in [1.54, 1.807) is 24.3 Å². The summed E-state index contributed by atoms with van der Waals surface area (Å²) < 4.78 is 7.35. The van der Waals surface area contributed by atoms with Crippen LogP contribution in [0.5, 0.6) is 5.75 Å². The highest BCUT2D eigenvalue weighted by Gasteiger charge is 2.05. The second-order valence-corrected chi connectivity index (χ2v) is 5.34. The fraction of sp³-hybridized carbons (Fsp3) is 0.400. The molecule has 2 aromatic rings. The number of hydrogen-bond donors (Lipinski definition) is 2. The van der Waals surface area contributed by atoms with E-state index in [0.717, 1.165) is 18.7 Å². The van der Waals surface area contributed by atoms with Gasteiger partial charge in [0, 0.05) is 24.3 Å². The molecule has 0 fully saturated rings. The summed E-state index contributed by atoms with van der Waals surface area (Å²) in [4.78, 5) is 0. The van der Waals surface area contributed by atoms with Crippen LogP contribution in [0.2, 0.25) is 5.02 Å². The number of aliphatic hydroxyl groups is 1. The van der Waals surface area contributed by atoms with Crippen molar-refractivity contribution in [2.75, 3.05) is 19.7 Å². The van der Waals surface area contributed by atoms with Gasteiger partial charge in [-0.2, -0.15) is 5.10 Å². The first kappa shape index (κ1) is 15.8. The summed E-state index contributed by atoms with van der Waals surface area (Å²) >= 11 is 5.79. The Morgan fingerprint density at radius 3 is 2.81 bits per heavy atom. The van der Waals surface area contributed by atoms with Crippen molar-refractivity contribution in [2.24, 2.45) is 0 Å². The van der Waals surface area contributed by atoms with Crippen LogP contribution in [0.1, 0.15) is 5.56 Å². The fourth-order valence-corrected chi connectivity index (χ4v) is 1.96. The Balaban J connectivity index is 1.59. The molecule has 1 atom stereocenters. The van der Waals surface area contributed by atoms with Gasteiger partial charge in [-0.15, -0.1) is 0 Å². The number of nitrogens with zero attached hydrogens (tertiary/aromatic N) is 2. The van der Waals surface area contributed by atoms with E-state index in [2.05, 4.69) is 10.4 Å². The molecule has 1 aromatic heterocycles. The van der Waals surface area contributed by atoms with Gasteiger partial charge in [0.2, 0.25) is 0 Å². The number of nitrogens with one attached hydrogen (secondary N) is 1. The van der Waals surface area contributed by atoms with Crippen LogP contribution in [0.25, 0.3) is 0 Å². The van der Waals surface area contributed by atoms with Crippen LogP contribution in [-0.4, -0.2) is 40.7 Å². The topological polar surface area (TPSA) is 59.3 Å². The Morgan fingerprint density at radius 1 is 1.38 bits per heavy atom.